The standard InChI is InChI=1S/C13H11N3OS/c1-16-9(6-7-14-16)8-11(17)13-15-10-4-2-3-5-12(10)18-13/h2-7H,8H2,1H3. The Morgan fingerprint density at radius 3 is 2.89 bits per heavy atom. The van der Waals surface area contributed by atoms with Crippen LogP contribution in [-0.4, -0.2) is 20.5 Å². The molecule has 0 bridgehead atoms. The molecule has 0 aliphatic heterocycles. The Morgan fingerprint density at radius 2 is 2.17 bits per heavy atom. The van der Waals surface area contributed by atoms with Gasteiger partial charge in [-0.25, -0.2) is 4.98 Å². The van der Waals surface area contributed by atoms with E-state index < -0.39 is 0 Å². The van der Waals surface area contributed by atoms with Gasteiger partial charge in [-0.15, -0.1) is 11.3 Å². The highest BCUT2D eigenvalue weighted by atomic mass is 32.1. The van der Waals surface area contributed by atoms with Crippen LogP contribution in [0.2, 0.25) is 0 Å². The van der Waals surface area contributed by atoms with E-state index in [1.807, 2.05) is 37.4 Å². The monoisotopic (exact) mass is 257 g/mol. The number of carbonyl (C=O) groups is 1. The number of para-hydroxylation sites is 1. The van der Waals surface area contributed by atoms with Gasteiger partial charge in [0.15, 0.2) is 10.8 Å². The van der Waals surface area contributed by atoms with Crippen molar-refractivity contribution in [3.63, 3.8) is 0 Å². The topological polar surface area (TPSA) is 47.8 Å². The lowest BCUT2D eigenvalue weighted by Crippen LogP contribution is -2.07. The molecule has 0 saturated carbocycles. The lowest BCUT2D eigenvalue weighted by atomic mass is 10.2. The number of hydrogen-bond donors (Lipinski definition) is 0. The molecule has 0 saturated heterocycles. The molecule has 0 radical (unpaired) electrons. The molecule has 0 unspecified atom stereocenters. The van der Waals surface area contributed by atoms with Crippen LogP contribution in [0.3, 0.4) is 0 Å². The summed E-state index contributed by atoms with van der Waals surface area (Å²) in [5, 5.41) is 4.62. The minimum atomic E-state index is 0.0415. The second kappa shape index (κ2) is 4.34. The number of aromatic nitrogens is 3. The molecule has 0 fully saturated rings. The lowest BCUT2D eigenvalue weighted by molar-refractivity contribution is 0.0990. The van der Waals surface area contributed by atoms with E-state index in [1.54, 1.807) is 10.9 Å². The van der Waals surface area contributed by atoms with Crippen molar-refractivity contribution in [2.45, 2.75) is 6.42 Å². The van der Waals surface area contributed by atoms with Crippen LogP contribution < -0.4 is 0 Å². The van der Waals surface area contributed by atoms with Crippen molar-refractivity contribution in [1.82, 2.24) is 14.8 Å². The van der Waals surface area contributed by atoms with Gasteiger partial charge in [0.25, 0.3) is 0 Å². The van der Waals surface area contributed by atoms with Gasteiger partial charge in [-0.2, -0.15) is 5.10 Å². The van der Waals surface area contributed by atoms with E-state index in [-0.39, 0.29) is 5.78 Å². The zero-order valence-corrected chi connectivity index (χ0v) is 10.6. The quantitative estimate of drug-likeness (QED) is 0.677. The fraction of sp³-hybridized carbons (Fsp3) is 0.154. The Balaban J connectivity index is 1.90. The van der Waals surface area contributed by atoms with Crippen molar-refractivity contribution in [1.29, 1.82) is 0 Å². The number of benzene rings is 1. The summed E-state index contributed by atoms with van der Waals surface area (Å²) in [5.41, 5.74) is 1.79. The number of rotatable bonds is 3. The van der Waals surface area contributed by atoms with Crippen molar-refractivity contribution < 1.29 is 4.79 Å². The van der Waals surface area contributed by atoms with Crippen molar-refractivity contribution in [3.05, 3.63) is 47.2 Å². The molecule has 0 N–H and O–H groups in total. The normalized spacial score (nSPS) is 10.9. The number of hydrogen-bond acceptors (Lipinski definition) is 4. The van der Waals surface area contributed by atoms with Gasteiger partial charge in [0.2, 0.25) is 0 Å². The minimum Gasteiger partial charge on any atom is -0.291 e. The van der Waals surface area contributed by atoms with E-state index in [1.165, 1.54) is 11.3 Å². The molecule has 90 valence electrons. The van der Waals surface area contributed by atoms with Gasteiger partial charge < -0.3 is 0 Å². The van der Waals surface area contributed by atoms with Crippen molar-refractivity contribution >= 4 is 27.3 Å². The van der Waals surface area contributed by atoms with Gasteiger partial charge >= 0.3 is 0 Å². The van der Waals surface area contributed by atoms with E-state index in [0.717, 1.165) is 15.9 Å². The van der Waals surface area contributed by atoms with Crippen LogP contribution in [0.5, 0.6) is 0 Å². The Hall–Kier alpha value is -2.01. The molecule has 4 nitrogen and oxygen atoms in total. The van der Waals surface area contributed by atoms with Crippen LogP contribution in [0.4, 0.5) is 0 Å². The fourth-order valence-corrected chi connectivity index (χ4v) is 2.71. The maximum absolute atomic E-state index is 12.1. The summed E-state index contributed by atoms with van der Waals surface area (Å²) in [7, 11) is 1.83. The van der Waals surface area contributed by atoms with Crippen molar-refractivity contribution in [2.24, 2.45) is 7.05 Å². The number of fused-ring (bicyclic) bond motifs is 1. The van der Waals surface area contributed by atoms with Crippen LogP contribution in [0.15, 0.2) is 36.5 Å². The summed E-state index contributed by atoms with van der Waals surface area (Å²) < 4.78 is 2.76. The highest BCUT2D eigenvalue weighted by Crippen LogP contribution is 2.22. The van der Waals surface area contributed by atoms with Crippen LogP contribution in [0.1, 0.15) is 15.5 Å². The summed E-state index contributed by atoms with van der Waals surface area (Å²) in [5.74, 6) is 0.0415. The summed E-state index contributed by atoms with van der Waals surface area (Å²) in [6, 6.07) is 9.64. The number of nitrogens with zero attached hydrogens (tertiary/aromatic N) is 3. The summed E-state index contributed by atoms with van der Waals surface area (Å²) in [4.78, 5) is 16.5. The maximum Gasteiger partial charge on any atom is 0.197 e. The lowest BCUT2D eigenvalue weighted by Gasteiger charge is -1.98. The molecule has 2 aromatic heterocycles. The second-order valence-corrected chi connectivity index (χ2v) is 5.06. The Bertz CT molecular complexity index is 681. The van der Waals surface area contributed by atoms with Gasteiger partial charge in [-0.1, -0.05) is 12.1 Å². The third-order valence-corrected chi connectivity index (χ3v) is 3.87. The predicted molar refractivity (Wildman–Crippen MR) is 70.9 cm³/mol. The molecule has 0 spiro atoms. The zero-order chi connectivity index (χ0) is 12.5. The van der Waals surface area contributed by atoms with E-state index in [2.05, 4.69) is 10.1 Å². The number of aryl methyl sites for hydroxylation is 1. The average Bonchev–Trinajstić information content (AvgIpc) is 2.96. The van der Waals surface area contributed by atoms with Crippen molar-refractivity contribution in [2.75, 3.05) is 0 Å². The number of thiazole rings is 1. The summed E-state index contributed by atoms with van der Waals surface area (Å²) >= 11 is 1.44. The molecule has 0 aliphatic carbocycles. The van der Waals surface area contributed by atoms with Crippen LogP contribution >= 0.6 is 11.3 Å². The molecular weight excluding hydrogens is 246 g/mol. The first-order chi connectivity index (χ1) is 8.74. The third-order valence-electron chi connectivity index (χ3n) is 2.80. The first kappa shape index (κ1) is 11.1. The van der Waals surface area contributed by atoms with Crippen LogP contribution in [0.25, 0.3) is 10.2 Å². The highest BCUT2D eigenvalue weighted by Gasteiger charge is 2.14. The molecule has 3 aromatic rings. The molecular formula is C13H11N3OS. The second-order valence-electron chi connectivity index (χ2n) is 4.03. The van der Waals surface area contributed by atoms with E-state index in [0.29, 0.717) is 11.4 Å². The first-order valence-electron chi connectivity index (χ1n) is 5.60. The average molecular weight is 257 g/mol. The highest BCUT2D eigenvalue weighted by molar-refractivity contribution is 7.20. The Labute approximate surface area is 108 Å². The number of carbonyl (C=O) groups excluding carboxylic acids is 1. The van der Waals surface area contributed by atoms with Crippen molar-refractivity contribution in [3.8, 4) is 0 Å². The molecule has 0 aliphatic rings. The Morgan fingerprint density at radius 1 is 1.33 bits per heavy atom. The molecule has 1 aromatic carbocycles. The predicted octanol–water partition coefficient (Wildman–Crippen LogP) is 2.46. The zero-order valence-electron chi connectivity index (χ0n) is 9.83. The molecule has 5 heteroatoms. The van der Waals surface area contributed by atoms with Crippen LogP contribution in [0, 0.1) is 0 Å². The molecule has 0 atom stereocenters. The molecule has 2 heterocycles. The molecule has 3 rings (SSSR count). The minimum absolute atomic E-state index is 0.0415. The SMILES string of the molecule is Cn1nccc1CC(=O)c1nc2ccccc2s1. The van der Waals surface area contributed by atoms with Crippen LogP contribution in [-0.2, 0) is 13.5 Å². The fourth-order valence-electron chi connectivity index (χ4n) is 1.81. The third kappa shape index (κ3) is 1.93. The smallest absolute Gasteiger partial charge is 0.197 e. The largest absolute Gasteiger partial charge is 0.291 e. The molecule has 0 amide bonds. The summed E-state index contributed by atoms with van der Waals surface area (Å²) in [6.45, 7) is 0. The van der Waals surface area contributed by atoms with E-state index in [9.17, 15) is 4.79 Å². The van der Waals surface area contributed by atoms with Gasteiger partial charge in [0.1, 0.15) is 0 Å². The van der Waals surface area contributed by atoms with Gasteiger partial charge in [0, 0.05) is 18.9 Å². The number of ketones is 1. The van der Waals surface area contributed by atoms with E-state index >= 15 is 0 Å². The Kier molecular flexibility index (Phi) is 2.68. The van der Waals surface area contributed by atoms with Gasteiger partial charge in [-0.05, 0) is 18.2 Å². The van der Waals surface area contributed by atoms with Gasteiger partial charge in [-0.3, -0.25) is 9.48 Å². The van der Waals surface area contributed by atoms with Gasteiger partial charge in [0.05, 0.1) is 16.6 Å². The number of Topliss-reactive ketones (excluding diaryl/α,β-unsaturated/α-hetero) is 1. The maximum atomic E-state index is 12.1. The summed E-state index contributed by atoms with van der Waals surface area (Å²) in [6.07, 6.45) is 2.04. The molecule has 18 heavy (non-hydrogen) atoms. The first-order valence-corrected chi connectivity index (χ1v) is 6.41. The van der Waals surface area contributed by atoms with E-state index in [4.69, 9.17) is 0 Å².